The topological polar surface area (TPSA) is 98.2 Å². The Balaban J connectivity index is 2.82. The summed E-state index contributed by atoms with van der Waals surface area (Å²) in [6, 6.07) is 4.60. The summed E-state index contributed by atoms with van der Waals surface area (Å²) in [7, 11) is 0. The van der Waals surface area contributed by atoms with E-state index in [1.807, 2.05) is 0 Å². The average Bonchev–Trinajstić information content (AvgIpc) is 2.19. The first kappa shape index (κ1) is 14.3. The molecule has 18 heavy (non-hydrogen) atoms. The van der Waals surface area contributed by atoms with Crippen molar-refractivity contribution in [2.45, 2.75) is 25.8 Å². The van der Waals surface area contributed by atoms with Crippen molar-refractivity contribution in [3.63, 3.8) is 0 Å². The van der Waals surface area contributed by atoms with Gasteiger partial charge in [-0.3, -0.25) is 9.59 Å². The molecule has 0 spiro atoms. The minimum Gasteiger partial charge on any atom is -0.398 e. The average molecular weight is 270 g/mol. The Bertz CT molecular complexity index is 486. The highest BCUT2D eigenvalue weighted by molar-refractivity contribution is 6.33. The van der Waals surface area contributed by atoms with Crippen LogP contribution in [0.15, 0.2) is 18.2 Å². The molecule has 1 aromatic rings. The van der Waals surface area contributed by atoms with Gasteiger partial charge in [0.15, 0.2) is 0 Å². The molecule has 0 aliphatic heterocycles. The number of nitrogen functional groups attached to an aromatic ring is 1. The van der Waals surface area contributed by atoms with Gasteiger partial charge >= 0.3 is 0 Å². The molecule has 0 atom stereocenters. The van der Waals surface area contributed by atoms with Gasteiger partial charge in [-0.05, 0) is 32.0 Å². The fourth-order valence-electron chi connectivity index (χ4n) is 1.54. The van der Waals surface area contributed by atoms with E-state index in [9.17, 15) is 9.59 Å². The molecule has 0 aliphatic carbocycles. The lowest BCUT2D eigenvalue weighted by molar-refractivity contribution is -0.119. The van der Waals surface area contributed by atoms with E-state index in [2.05, 4.69) is 5.32 Å². The largest absolute Gasteiger partial charge is 0.398 e. The number of carbonyl (C=O) groups excluding carboxylic acids is 2. The highest BCUT2D eigenvalue weighted by atomic mass is 35.5. The molecule has 98 valence electrons. The van der Waals surface area contributed by atoms with Crippen LogP contribution in [0.5, 0.6) is 0 Å². The minimum absolute atomic E-state index is 0.0574. The van der Waals surface area contributed by atoms with Crippen molar-refractivity contribution in [1.82, 2.24) is 5.32 Å². The lowest BCUT2D eigenvalue weighted by atomic mass is 9.99. The number of anilines is 1. The quantitative estimate of drug-likeness (QED) is 0.719. The zero-order valence-corrected chi connectivity index (χ0v) is 11.0. The zero-order valence-electron chi connectivity index (χ0n) is 10.3. The molecule has 6 heteroatoms. The van der Waals surface area contributed by atoms with Crippen LogP contribution in [-0.4, -0.2) is 17.4 Å². The summed E-state index contributed by atoms with van der Waals surface area (Å²) < 4.78 is 0. The van der Waals surface area contributed by atoms with E-state index in [4.69, 9.17) is 23.1 Å². The normalized spacial score (nSPS) is 11.1. The maximum atomic E-state index is 11.9. The third kappa shape index (κ3) is 3.92. The first-order valence-electron chi connectivity index (χ1n) is 5.37. The number of carbonyl (C=O) groups is 2. The van der Waals surface area contributed by atoms with Gasteiger partial charge in [-0.15, -0.1) is 0 Å². The van der Waals surface area contributed by atoms with Crippen molar-refractivity contribution in [3.05, 3.63) is 28.8 Å². The number of primary amides is 1. The Morgan fingerprint density at radius 1 is 1.39 bits per heavy atom. The number of halogens is 1. The third-order valence-corrected chi connectivity index (χ3v) is 2.67. The summed E-state index contributed by atoms with van der Waals surface area (Å²) in [6.45, 7) is 3.43. The number of hydrogen-bond acceptors (Lipinski definition) is 3. The monoisotopic (exact) mass is 269 g/mol. The Hall–Kier alpha value is -1.75. The van der Waals surface area contributed by atoms with Crippen molar-refractivity contribution in [1.29, 1.82) is 0 Å². The van der Waals surface area contributed by atoms with Crippen molar-refractivity contribution in [3.8, 4) is 0 Å². The number of benzene rings is 1. The Morgan fingerprint density at radius 3 is 2.50 bits per heavy atom. The van der Waals surface area contributed by atoms with Crippen LogP contribution >= 0.6 is 11.6 Å². The van der Waals surface area contributed by atoms with Gasteiger partial charge in [0, 0.05) is 17.5 Å². The SMILES string of the molecule is CC(C)(CC(N)=O)NC(=O)c1ccc(Cl)c(N)c1. The second-order valence-electron chi connectivity index (χ2n) is 4.72. The molecule has 0 bridgehead atoms. The van der Waals surface area contributed by atoms with Crippen LogP contribution in [-0.2, 0) is 4.79 Å². The predicted molar refractivity (Wildman–Crippen MR) is 71.2 cm³/mol. The molecule has 1 aromatic carbocycles. The van der Waals surface area contributed by atoms with E-state index in [1.165, 1.54) is 6.07 Å². The van der Waals surface area contributed by atoms with Gasteiger partial charge < -0.3 is 16.8 Å². The molecule has 0 unspecified atom stereocenters. The fourth-order valence-corrected chi connectivity index (χ4v) is 1.66. The summed E-state index contributed by atoms with van der Waals surface area (Å²) in [5, 5.41) is 3.10. The lowest BCUT2D eigenvalue weighted by Gasteiger charge is -2.24. The molecule has 0 saturated heterocycles. The van der Waals surface area contributed by atoms with E-state index >= 15 is 0 Å². The molecule has 0 radical (unpaired) electrons. The van der Waals surface area contributed by atoms with Crippen molar-refractivity contribution >= 4 is 29.1 Å². The van der Waals surface area contributed by atoms with Gasteiger partial charge in [0.2, 0.25) is 5.91 Å². The number of amides is 2. The molecule has 0 aromatic heterocycles. The van der Waals surface area contributed by atoms with E-state index in [0.717, 1.165) is 0 Å². The van der Waals surface area contributed by atoms with Gasteiger partial charge in [-0.25, -0.2) is 0 Å². The first-order chi connectivity index (χ1) is 8.21. The van der Waals surface area contributed by atoms with Crippen molar-refractivity contribution in [2.75, 3.05) is 5.73 Å². The molecule has 0 saturated carbocycles. The molecule has 5 nitrogen and oxygen atoms in total. The van der Waals surface area contributed by atoms with Crippen LogP contribution in [0.1, 0.15) is 30.6 Å². The maximum Gasteiger partial charge on any atom is 0.251 e. The van der Waals surface area contributed by atoms with Crippen LogP contribution < -0.4 is 16.8 Å². The summed E-state index contributed by atoms with van der Waals surface area (Å²) in [4.78, 5) is 22.8. The van der Waals surface area contributed by atoms with Crippen LogP contribution in [0.3, 0.4) is 0 Å². The number of rotatable bonds is 4. The predicted octanol–water partition coefficient (Wildman–Crippen LogP) is 1.31. The third-order valence-electron chi connectivity index (χ3n) is 2.33. The molecule has 0 heterocycles. The molecule has 5 N–H and O–H groups in total. The summed E-state index contributed by atoms with van der Waals surface area (Å²) in [5.41, 5.74) is 10.7. The standard InChI is InChI=1S/C12H16ClN3O2/c1-12(2,6-10(15)17)16-11(18)7-3-4-8(13)9(14)5-7/h3-5H,6,14H2,1-2H3,(H2,15,17)(H,16,18). The van der Waals surface area contributed by atoms with Gasteiger partial charge in [0.25, 0.3) is 5.91 Å². The van der Waals surface area contributed by atoms with Crippen molar-refractivity contribution in [2.24, 2.45) is 5.73 Å². The highest BCUT2D eigenvalue weighted by Gasteiger charge is 2.23. The van der Waals surface area contributed by atoms with Crippen LogP contribution in [0, 0.1) is 0 Å². The van der Waals surface area contributed by atoms with Crippen LogP contribution in [0.25, 0.3) is 0 Å². The van der Waals surface area contributed by atoms with Gasteiger partial charge in [-0.1, -0.05) is 11.6 Å². The highest BCUT2D eigenvalue weighted by Crippen LogP contribution is 2.20. The second kappa shape index (κ2) is 5.27. The Morgan fingerprint density at radius 2 is 2.00 bits per heavy atom. The van der Waals surface area contributed by atoms with E-state index in [0.29, 0.717) is 16.3 Å². The molecule has 1 rings (SSSR count). The van der Waals surface area contributed by atoms with Crippen LogP contribution in [0.4, 0.5) is 5.69 Å². The summed E-state index contributed by atoms with van der Waals surface area (Å²) in [6.07, 6.45) is 0.0574. The van der Waals surface area contributed by atoms with Gasteiger partial charge in [0.05, 0.1) is 10.7 Å². The van der Waals surface area contributed by atoms with E-state index in [1.54, 1.807) is 26.0 Å². The summed E-state index contributed by atoms with van der Waals surface area (Å²) in [5.74, 6) is -0.805. The molecule has 2 amide bonds. The number of hydrogen-bond donors (Lipinski definition) is 3. The molecule has 0 fully saturated rings. The smallest absolute Gasteiger partial charge is 0.251 e. The minimum atomic E-state index is -0.711. The zero-order chi connectivity index (χ0) is 13.9. The van der Waals surface area contributed by atoms with Crippen LogP contribution in [0.2, 0.25) is 5.02 Å². The van der Waals surface area contributed by atoms with Crippen molar-refractivity contribution < 1.29 is 9.59 Å². The second-order valence-corrected chi connectivity index (χ2v) is 5.12. The van der Waals surface area contributed by atoms with Gasteiger partial charge in [-0.2, -0.15) is 0 Å². The molecule has 0 aliphatic rings. The number of nitrogens with two attached hydrogens (primary N) is 2. The fraction of sp³-hybridized carbons (Fsp3) is 0.333. The van der Waals surface area contributed by atoms with E-state index < -0.39 is 11.4 Å². The summed E-state index contributed by atoms with van der Waals surface area (Å²) >= 11 is 5.77. The first-order valence-corrected chi connectivity index (χ1v) is 5.75. The Labute approximate surface area is 110 Å². The lowest BCUT2D eigenvalue weighted by Crippen LogP contribution is -2.46. The maximum absolute atomic E-state index is 11.9. The number of nitrogens with one attached hydrogen (secondary N) is 1. The van der Waals surface area contributed by atoms with E-state index in [-0.39, 0.29) is 12.3 Å². The Kier molecular flexibility index (Phi) is 4.19. The molecular weight excluding hydrogens is 254 g/mol. The van der Waals surface area contributed by atoms with Gasteiger partial charge in [0.1, 0.15) is 0 Å². The molecular formula is C12H16ClN3O2.